The molecule has 0 aromatic heterocycles. The smallest absolute Gasteiger partial charge is 0.118 e. The van der Waals surface area contributed by atoms with Gasteiger partial charge in [-0.2, -0.15) is 0 Å². The Labute approximate surface area is 165 Å². The maximum absolute atomic E-state index is 10.3. The van der Waals surface area contributed by atoms with Crippen molar-refractivity contribution < 1.29 is 19.3 Å². The summed E-state index contributed by atoms with van der Waals surface area (Å²) < 4.78 is 18.9. The summed E-state index contributed by atoms with van der Waals surface area (Å²) in [7, 11) is 1.65. The van der Waals surface area contributed by atoms with Gasteiger partial charge in [0.05, 0.1) is 32.0 Å². The van der Waals surface area contributed by atoms with Gasteiger partial charge < -0.3 is 19.3 Å². The highest BCUT2D eigenvalue weighted by Gasteiger charge is 2.21. The number of aliphatic hydroxyl groups excluding tert-OH is 1. The van der Waals surface area contributed by atoms with Crippen LogP contribution in [0.15, 0.2) is 47.1 Å². The predicted octanol–water partition coefficient (Wildman–Crippen LogP) is 4.65. The second kappa shape index (κ2) is 13.3. The Morgan fingerprint density at radius 1 is 1.28 bits per heavy atom. The van der Waals surface area contributed by atoms with Crippen LogP contribution in [0.2, 0.25) is 0 Å². The third-order valence-electron chi connectivity index (χ3n) is 3.85. The van der Waals surface area contributed by atoms with Crippen molar-refractivity contribution in [3.05, 3.63) is 52.6 Å². The Morgan fingerprint density at radius 3 is 2.56 bits per heavy atom. The second-order valence-corrected chi connectivity index (χ2v) is 6.44. The third kappa shape index (κ3) is 8.85. The lowest BCUT2D eigenvalue weighted by atomic mass is 10.1. The summed E-state index contributed by atoms with van der Waals surface area (Å²) in [6.45, 7) is 6.81. The van der Waals surface area contributed by atoms with E-state index in [2.05, 4.69) is 36.1 Å². The Kier molecular flexibility index (Phi) is 11.8. The highest BCUT2D eigenvalue weighted by atomic mass is 127. The molecule has 0 spiro atoms. The Hall–Kier alpha value is -0.890. The first-order valence-electron chi connectivity index (χ1n) is 8.56. The van der Waals surface area contributed by atoms with Crippen LogP contribution in [0.3, 0.4) is 0 Å². The molecule has 0 aliphatic rings. The van der Waals surface area contributed by atoms with Crippen molar-refractivity contribution in [2.45, 2.75) is 51.1 Å². The van der Waals surface area contributed by atoms with Gasteiger partial charge in [0.25, 0.3) is 0 Å². The van der Waals surface area contributed by atoms with E-state index < -0.39 is 6.10 Å². The van der Waals surface area contributed by atoms with Gasteiger partial charge >= 0.3 is 0 Å². The van der Waals surface area contributed by atoms with E-state index in [4.69, 9.17) is 14.2 Å². The van der Waals surface area contributed by atoms with Gasteiger partial charge in [-0.15, -0.1) is 6.58 Å². The molecule has 0 amide bonds. The molecule has 0 fully saturated rings. The highest BCUT2D eigenvalue weighted by Crippen LogP contribution is 2.16. The van der Waals surface area contributed by atoms with Crippen molar-refractivity contribution in [2.75, 3.05) is 13.7 Å². The fourth-order valence-corrected chi connectivity index (χ4v) is 2.83. The molecule has 0 aliphatic carbocycles. The van der Waals surface area contributed by atoms with Crippen molar-refractivity contribution >= 4 is 22.6 Å². The summed E-state index contributed by atoms with van der Waals surface area (Å²) in [5.41, 5.74) is 1.09. The summed E-state index contributed by atoms with van der Waals surface area (Å²) in [5, 5.41) is 10.3. The maximum atomic E-state index is 10.3. The molecule has 4 nitrogen and oxygen atoms in total. The van der Waals surface area contributed by atoms with Crippen LogP contribution in [-0.2, 0) is 16.1 Å². The predicted molar refractivity (Wildman–Crippen MR) is 110 cm³/mol. The summed E-state index contributed by atoms with van der Waals surface area (Å²) in [5.74, 6) is 0.832. The molecule has 1 rings (SSSR count). The second-order valence-electron chi connectivity index (χ2n) is 5.72. The first-order valence-corrected chi connectivity index (χ1v) is 9.81. The van der Waals surface area contributed by atoms with Crippen LogP contribution in [0.4, 0.5) is 0 Å². The van der Waals surface area contributed by atoms with E-state index in [-0.39, 0.29) is 12.2 Å². The van der Waals surface area contributed by atoms with Crippen molar-refractivity contribution in [3.8, 4) is 5.75 Å². The number of halogens is 1. The largest absolute Gasteiger partial charge is 0.497 e. The third-order valence-corrected chi connectivity index (χ3v) is 4.27. The lowest BCUT2D eigenvalue weighted by Crippen LogP contribution is -2.33. The van der Waals surface area contributed by atoms with E-state index in [1.54, 1.807) is 13.2 Å². The number of aliphatic hydroxyl groups is 1. The van der Waals surface area contributed by atoms with Gasteiger partial charge in [-0.3, -0.25) is 0 Å². The highest BCUT2D eigenvalue weighted by molar-refractivity contribution is 14.1. The molecule has 140 valence electrons. The van der Waals surface area contributed by atoms with E-state index in [0.717, 1.165) is 17.7 Å². The number of rotatable bonds is 13. The SMILES string of the molecule is C=CC[C@@H](O)[C@H](CCOCc1ccc(OC)cc1)O[C@H](/C=C\I)CC. The Bertz CT molecular complexity index is 501. The van der Waals surface area contributed by atoms with E-state index in [1.165, 1.54) is 0 Å². The molecule has 0 saturated carbocycles. The molecule has 0 radical (unpaired) electrons. The van der Waals surface area contributed by atoms with E-state index in [0.29, 0.717) is 26.1 Å². The fourth-order valence-electron chi connectivity index (χ4n) is 2.37. The molecule has 0 heterocycles. The zero-order chi connectivity index (χ0) is 18.5. The molecular weight excluding hydrogens is 431 g/mol. The zero-order valence-corrected chi connectivity index (χ0v) is 17.2. The molecule has 5 heteroatoms. The van der Waals surface area contributed by atoms with Crippen LogP contribution in [0.5, 0.6) is 5.75 Å². The number of hydrogen-bond donors (Lipinski definition) is 1. The number of benzene rings is 1. The van der Waals surface area contributed by atoms with Gasteiger partial charge in [0.1, 0.15) is 5.75 Å². The van der Waals surface area contributed by atoms with Gasteiger partial charge in [-0.1, -0.05) is 47.7 Å². The van der Waals surface area contributed by atoms with Crippen LogP contribution in [-0.4, -0.2) is 37.1 Å². The average Bonchev–Trinajstić information content (AvgIpc) is 2.64. The quantitative estimate of drug-likeness (QED) is 0.265. The monoisotopic (exact) mass is 460 g/mol. The summed E-state index contributed by atoms with van der Waals surface area (Å²) >= 11 is 2.18. The van der Waals surface area contributed by atoms with Crippen molar-refractivity contribution in [2.24, 2.45) is 0 Å². The standard InChI is InChI=1S/C20H29IO4/c1-4-6-19(22)20(25-17(5-2)11-13-21)12-14-24-15-16-7-9-18(23-3)10-8-16/h4,7-11,13,17,19-20,22H,1,5-6,12,14-15H2,2-3H3/b13-11-/t17-,19+,20-/m0/s1. The summed E-state index contributed by atoms with van der Waals surface area (Å²) in [6.07, 6.45) is 4.89. The Morgan fingerprint density at radius 2 is 2.00 bits per heavy atom. The minimum atomic E-state index is -0.571. The number of ether oxygens (including phenoxy) is 3. The van der Waals surface area contributed by atoms with Crippen LogP contribution >= 0.6 is 22.6 Å². The Balaban J connectivity index is 2.48. The molecule has 1 aromatic carbocycles. The normalized spacial score (nSPS) is 15.0. The van der Waals surface area contributed by atoms with Crippen molar-refractivity contribution in [3.63, 3.8) is 0 Å². The van der Waals surface area contributed by atoms with Gasteiger partial charge in [-0.25, -0.2) is 0 Å². The van der Waals surface area contributed by atoms with Gasteiger partial charge in [-0.05, 0) is 47.1 Å². The molecule has 0 saturated heterocycles. The molecule has 0 bridgehead atoms. The number of hydrogen-bond acceptors (Lipinski definition) is 4. The van der Waals surface area contributed by atoms with Gasteiger partial charge in [0.15, 0.2) is 0 Å². The average molecular weight is 460 g/mol. The van der Waals surface area contributed by atoms with Gasteiger partial charge in [0, 0.05) is 6.61 Å². The van der Waals surface area contributed by atoms with Crippen molar-refractivity contribution in [1.29, 1.82) is 0 Å². The van der Waals surface area contributed by atoms with E-state index in [1.807, 2.05) is 34.4 Å². The van der Waals surface area contributed by atoms with Gasteiger partial charge in [0.2, 0.25) is 0 Å². The van der Waals surface area contributed by atoms with Crippen LogP contribution < -0.4 is 4.74 Å². The minimum Gasteiger partial charge on any atom is -0.497 e. The molecule has 0 unspecified atom stereocenters. The minimum absolute atomic E-state index is 0.00273. The van der Waals surface area contributed by atoms with Crippen molar-refractivity contribution in [1.82, 2.24) is 0 Å². The molecule has 3 atom stereocenters. The summed E-state index contributed by atoms with van der Waals surface area (Å²) in [4.78, 5) is 0. The molecular formula is C20H29IO4. The molecule has 1 aromatic rings. The molecule has 25 heavy (non-hydrogen) atoms. The molecule has 1 N–H and O–H groups in total. The van der Waals surface area contributed by atoms with Crippen LogP contribution in [0, 0.1) is 0 Å². The lowest BCUT2D eigenvalue weighted by Gasteiger charge is -2.26. The number of methoxy groups -OCH3 is 1. The topological polar surface area (TPSA) is 47.9 Å². The first-order chi connectivity index (χ1) is 12.1. The maximum Gasteiger partial charge on any atom is 0.118 e. The summed E-state index contributed by atoms with van der Waals surface area (Å²) in [6, 6.07) is 7.80. The van der Waals surface area contributed by atoms with E-state index in [9.17, 15) is 5.11 Å². The molecule has 0 aliphatic heterocycles. The first kappa shape index (κ1) is 22.2. The van der Waals surface area contributed by atoms with Crippen LogP contribution in [0.1, 0.15) is 31.7 Å². The lowest BCUT2D eigenvalue weighted by molar-refractivity contribution is -0.0749. The zero-order valence-electron chi connectivity index (χ0n) is 15.1. The fraction of sp³-hybridized carbons (Fsp3) is 0.500. The van der Waals surface area contributed by atoms with E-state index >= 15 is 0 Å². The van der Waals surface area contributed by atoms with Crippen LogP contribution in [0.25, 0.3) is 0 Å².